The fourth-order valence-corrected chi connectivity index (χ4v) is 2.43. The van der Waals surface area contributed by atoms with Crippen molar-refractivity contribution in [2.45, 2.75) is 26.7 Å². The minimum atomic E-state index is 0.498. The lowest BCUT2D eigenvalue weighted by Crippen LogP contribution is -2.33. The normalized spacial score (nSPS) is 18.0. The molecule has 1 fully saturated rings. The molecule has 1 aromatic rings. The summed E-state index contributed by atoms with van der Waals surface area (Å²) in [4.78, 5) is 2.38. The zero-order valence-electron chi connectivity index (χ0n) is 11.3. The standard InChI is InChI=1S/C13H21ClN4/c1-9-10(2)13(17-16-12(9)14)15-8-11-4-6-18(3)7-5-11/h11H,4-8H2,1-3H3,(H,15,17). The van der Waals surface area contributed by atoms with Crippen molar-refractivity contribution in [1.29, 1.82) is 0 Å². The smallest absolute Gasteiger partial charge is 0.155 e. The maximum absolute atomic E-state index is 5.94. The molecule has 0 saturated carbocycles. The topological polar surface area (TPSA) is 41.1 Å². The summed E-state index contributed by atoms with van der Waals surface area (Å²) in [6, 6.07) is 0. The Bertz CT molecular complexity index is 414. The fourth-order valence-electron chi connectivity index (χ4n) is 2.25. The summed E-state index contributed by atoms with van der Waals surface area (Å²) in [5, 5.41) is 12.0. The Labute approximate surface area is 114 Å². The molecule has 0 atom stereocenters. The van der Waals surface area contributed by atoms with Crippen LogP contribution in [-0.2, 0) is 0 Å². The number of rotatable bonds is 3. The lowest BCUT2D eigenvalue weighted by Gasteiger charge is -2.29. The molecule has 0 aromatic carbocycles. The van der Waals surface area contributed by atoms with Gasteiger partial charge in [0.2, 0.25) is 0 Å². The van der Waals surface area contributed by atoms with Gasteiger partial charge in [-0.05, 0) is 63.9 Å². The molecule has 0 unspecified atom stereocenters. The number of nitrogens with one attached hydrogen (secondary N) is 1. The third kappa shape index (κ3) is 3.12. The first kappa shape index (κ1) is 13.6. The molecule has 1 aliphatic rings. The molecule has 0 bridgehead atoms. The molecule has 18 heavy (non-hydrogen) atoms. The van der Waals surface area contributed by atoms with Crippen molar-refractivity contribution in [3.05, 3.63) is 16.3 Å². The Morgan fingerprint density at radius 1 is 1.22 bits per heavy atom. The number of likely N-dealkylation sites (tertiary alicyclic amines) is 1. The van der Waals surface area contributed by atoms with Crippen LogP contribution in [0.1, 0.15) is 24.0 Å². The quantitative estimate of drug-likeness (QED) is 0.915. The van der Waals surface area contributed by atoms with E-state index in [1.807, 2.05) is 13.8 Å². The summed E-state index contributed by atoms with van der Waals surface area (Å²) in [5.41, 5.74) is 2.11. The zero-order valence-corrected chi connectivity index (χ0v) is 12.1. The van der Waals surface area contributed by atoms with Crippen LogP contribution in [0.5, 0.6) is 0 Å². The van der Waals surface area contributed by atoms with E-state index in [1.54, 1.807) is 0 Å². The maximum atomic E-state index is 5.94. The van der Waals surface area contributed by atoms with Gasteiger partial charge in [-0.1, -0.05) is 11.6 Å². The van der Waals surface area contributed by atoms with Gasteiger partial charge in [0.1, 0.15) is 0 Å². The average Bonchev–Trinajstić information content (AvgIpc) is 2.37. The van der Waals surface area contributed by atoms with Crippen molar-refractivity contribution in [1.82, 2.24) is 15.1 Å². The van der Waals surface area contributed by atoms with Crippen LogP contribution in [0.3, 0.4) is 0 Å². The molecular weight excluding hydrogens is 248 g/mol. The second-order valence-electron chi connectivity index (χ2n) is 5.22. The highest BCUT2D eigenvalue weighted by Crippen LogP contribution is 2.22. The van der Waals surface area contributed by atoms with Crippen LogP contribution in [0, 0.1) is 19.8 Å². The second-order valence-corrected chi connectivity index (χ2v) is 5.57. The Balaban J connectivity index is 1.92. The van der Waals surface area contributed by atoms with E-state index >= 15 is 0 Å². The third-order valence-electron chi connectivity index (χ3n) is 3.86. The van der Waals surface area contributed by atoms with Gasteiger partial charge in [0.25, 0.3) is 0 Å². The van der Waals surface area contributed by atoms with Gasteiger partial charge in [-0.15, -0.1) is 10.2 Å². The Kier molecular flexibility index (Phi) is 4.40. The van der Waals surface area contributed by atoms with Crippen molar-refractivity contribution >= 4 is 17.4 Å². The van der Waals surface area contributed by atoms with E-state index in [9.17, 15) is 0 Å². The number of anilines is 1. The molecule has 4 nitrogen and oxygen atoms in total. The van der Waals surface area contributed by atoms with Gasteiger partial charge in [-0.25, -0.2) is 0 Å². The molecular formula is C13H21ClN4. The first-order chi connectivity index (χ1) is 8.58. The third-order valence-corrected chi connectivity index (χ3v) is 4.22. The van der Waals surface area contributed by atoms with Gasteiger partial charge >= 0.3 is 0 Å². The number of hydrogen-bond donors (Lipinski definition) is 1. The molecule has 1 aliphatic heterocycles. The Hall–Kier alpha value is -0.870. The molecule has 0 radical (unpaired) electrons. The van der Waals surface area contributed by atoms with Gasteiger partial charge in [0.05, 0.1) is 0 Å². The van der Waals surface area contributed by atoms with Crippen molar-refractivity contribution in [3.8, 4) is 0 Å². The Morgan fingerprint density at radius 2 is 1.89 bits per heavy atom. The van der Waals surface area contributed by atoms with Crippen molar-refractivity contribution in [3.63, 3.8) is 0 Å². The predicted octanol–water partition coefficient (Wildman–Crippen LogP) is 2.50. The van der Waals surface area contributed by atoms with Gasteiger partial charge in [0, 0.05) is 6.54 Å². The van der Waals surface area contributed by atoms with Crippen LogP contribution in [0.15, 0.2) is 0 Å². The van der Waals surface area contributed by atoms with Crippen LogP contribution >= 0.6 is 11.6 Å². The molecule has 1 N–H and O–H groups in total. The van der Waals surface area contributed by atoms with E-state index in [0.29, 0.717) is 5.15 Å². The number of piperidine rings is 1. The monoisotopic (exact) mass is 268 g/mol. The number of hydrogen-bond acceptors (Lipinski definition) is 4. The SMILES string of the molecule is Cc1c(Cl)nnc(NCC2CCN(C)CC2)c1C. The fraction of sp³-hybridized carbons (Fsp3) is 0.692. The van der Waals surface area contributed by atoms with Crippen molar-refractivity contribution in [2.75, 3.05) is 32.0 Å². The lowest BCUT2D eigenvalue weighted by atomic mass is 9.97. The van der Waals surface area contributed by atoms with Gasteiger partial charge in [0.15, 0.2) is 11.0 Å². The van der Waals surface area contributed by atoms with Crippen LogP contribution in [0.4, 0.5) is 5.82 Å². The first-order valence-electron chi connectivity index (χ1n) is 6.49. The van der Waals surface area contributed by atoms with Crippen LogP contribution in [0.2, 0.25) is 5.15 Å². The molecule has 1 saturated heterocycles. The predicted molar refractivity (Wildman–Crippen MR) is 75.2 cm³/mol. The van der Waals surface area contributed by atoms with Crippen LogP contribution in [-0.4, -0.2) is 41.8 Å². The van der Waals surface area contributed by atoms with Gasteiger partial charge in [-0.2, -0.15) is 0 Å². The summed E-state index contributed by atoms with van der Waals surface area (Å²) >= 11 is 5.94. The summed E-state index contributed by atoms with van der Waals surface area (Å²) in [5.74, 6) is 1.61. The maximum Gasteiger partial charge on any atom is 0.155 e. The highest BCUT2D eigenvalue weighted by molar-refractivity contribution is 6.30. The molecule has 1 aromatic heterocycles. The van der Waals surface area contributed by atoms with E-state index in [1.165, 1.54) is 25.9 Å². The molecule has 0 spiro atoms. The summed E-state index contributed by atoms with van der Waals surface area (Å²) in [7, 11) is 2.18. The van der Waals surface area contributed by atoms with E-state index in [0.717, 1.165) is 29.4 Å². The molecule has 2 heterocycles. The molecule has 0 aliphatic carbocycles. The first-order valence-corrected chi connectivity index (χ1v) is 6.87. The molecule has 2 rings (SSSR count). The second kappa shape index (κ2) is 5.85. The van der Waals surface area contributed by atoms with E-state index < -0.39 is 0 Å². The van der Waals surface area contributed by atoms with Crippen LogP contribution in [0.25, 0.3) is 0 Å². The average molecular weight is 269 g/mol. The summed E-state index contributed by atoms with van der Waals surface area (Å²) in [6.07, 6.45) is 2.51. The summed E-state index contributed by atoms with van der Waals surface area (Å²) < 4.78 is 0. The molecule has 5 heteroatoms. The lowest BCUT2D eigenvalue weighted by molar-refractivity contribution is 0.226. The highest BCUT2D eigenvalue weighted by atomic mass is 35.5. The van der Waals surface area contributed by atoms with E-state index in [2.05, 4.69) is 27.5 Å². The minimum Gasteiger partial charge on any atom is -0.368 e. The van der Waals surface area contributed by atoms with E-state index in [4.69, 9.17) is 11.6 Å². The zero-order chi connectivity index (χ0) is 13.1. The van der Waals surface area contributed by atoms with Gasteiger partial charge in [-0.3, -0.25) is 0 Å². The number of halogens is 1. The van der Waals surface area contributed by atoms with Crippen molar-refractivity contribution < 1.29 is 0 Å². The van der Waals surface area contributed by atoms with Crippen molar-refractivity contribution in [2.24, 2.45) is 5.92 Å². The molecule has 100 valence electrons. The van der Waals surface area contributed by atoms with Crippen LogP contribution < -0.4 is 5.32 Å². The highest BCUT2D eigenvalue weighted by Gasteiger charge is 2.17. The number of aromatic nitrogens is 2. The van der Waals surface area contributed by atoms with E-state index in [-0.39, 0.29) is 0 Å². The minimum absolute atomic E-state index is 0.498. The largest absolute Gasteiger partial charge is 0.368 e. The summed E-state index contributed by atoms with van der Waals surface area (Å²) in [6.45, 7) is 7.37. The number of nitrogens with zero attached hydrogens (tertiary/aromatic N) is 3. The Morgan fingerprint density at radius 3 is 2.56 bits per heavy atom. The molecule has 0 amide bonds. The van der Waals surface area contributed by atoms with Gasteiger partial charge < -0.3 is 10.2 Å².